The Hall–Kier alpha value is -2.07. The molecule has 0 aliphatic carbocycles. The molecular formula is C23H32N2O2. The lowest BCUT2D eigenvalue weighted by molar-refractivity contribution is -0.362. The van der Waals surface area contributed by atoms with Crippen LogP contribution >= 0.6 is 0 Å². The monoisotopic (exact) mass is 368 g/mol. The fraction of sp³-hybridized carbons (Fsp3) is 0.522. The third-order valence-electron chi connectivity index (χ3n) is 6.06. The Balaban J connectivity index is 2.00. The van der Waals surface area contributed by atoms with Crippen LogP contribution in [0, 0.1) is 11.1 Å². The summed E-state index contributed by atoms with van der Waals surface area (Å²) >= 11 is 0. The highest BCUT2D eigenvalue weighted by molar-refractivity contribution is 5.68. The normalized spacial score (nSPS) is 21.2. The van der Waals surface area contributed by atoms with Crippen molar-refractivity contribution in [2.24, 2.45) is 5.92 Å². The van der Waals surface area contributed by atoms with Gasteiger partial charge in [-0.25, -0.2) is 0 Å². The van der Waals surface area contributed by atoms with Crippen LogP contribution in [0.4, 0.5) is 5.69 Å². The van der Waals surface area contributed by atoms with Crippen LogP contribution in [0.5, 0.6) is 5.75 Å². The molecule has 1 saturated heterocycles. The van der Waals surface area contributed by atoms with Gasteiger partial charge in [0.25, 0.3) is 0 Å². The van der Waals surface area contributed by atoms with Gasteiger partial charge in [-0.3, -0.25) is 4.90 Å². The molecule has 0 bridgehead atoms. The highest BCUT2D eigenvalue weighted by Gasteiger charge is 2.35. The first-order chi connectivity index (χ1) is 13.1. The van der Waals surface area contributed by atoms with E-state index in [-0.39, 0.29) is 5.92 Å². The minimum atomic E-state index is 0.173. The number of fused-ring (bicyclic) bond motifs is 1. The standard InChI is InChI=1S/C23H32N2O2/c1-4-10-17-15-22-20(19(11-5-2)23(17)26)14-18(16-25(22)27)21(6-3)24-12-8-7-9-13-24/h4-5,15-16,18,21,26H,1-2,6-14H2,3H3. The van der Waals surface area contributed by atoms with Crippen molar-refractivity contribution in [2.75, 3.05) is 13.1 Å². The summed E-state index contributed by atoms with van der Waals surface area (Å²) in [5, 5.41) is 23.7. The topological polar surface area (TPSA) is 49.5 Å². The predicted molar refractivity (Wildman–Crippen MR) is 112 cm³/mol. The smallest absolute Gasteiger partial charge is 0.220 e. The van der Waals surface area contributed by atoms with Crippen LogP contribution in [0.25, 0.3) is 0 Å². The van der Waals surface area contributed by atoms with Crippen LogP contribution in [0.3, 0.4) is 0 Å². The molecule has 1 N–H and O–H groups in total. The van der Waals surface area contributed by atoms with Gasteiger partial charge >= 0.3 is 0 Å². The lowest BCUT2D eigenvalue weighted by Gasteiger charge is -2.38. The van der Waals surface area contributed by atoms with Crippen molar-refractivity contribution >= 4 is 11.9 Å². The average molecular weight is 369 g/mol. The third-order valence-corrected chi connectivity index (χ3v) is 6.06. The fourth-order valence-electron chi connectivity index (χ4n) is 4.77. The predicted octanol–water partition coefficient (Wildman–Crippen LogP) is 4.50. The van der Waals surface area contributed by atoms with Crippen molar-refractivity contribution in [3.63, 3.8) is 0 Å². The molecule has 1 aromatic carbocycles. The number of hydrogen-bond donors (Lipinski definition) is 1. The second-order valence-corrected chi connectivity index (χ2v) is 7.76. The van der Waals surface area contributed by atoms with Gasteiger partial charge in [-0.15, -0.1) is 13.2 Å². The van der Waals surface area contributed by atoms with Gasteiger partial charge in [-0.1, -0.05) is 25.5 Å². The van der Waals surface area contributed by atoms with Crippen LogP contribution in [-0.4, -0.2) is 40.1 Å². The number of rotatable bonds is 7. The Morgan fingerprint density at radius 2 is 1.96 bits per heavy atom. The second-order valence-electron chi connectivity index (χ2n) is 7.76. The molecule has 4 nitrogen and oxygen atoms in total. The van der Waals surface area contributed by atoms with Crippen LogP contribution in [0.2, 0.25) is 0 Å². The Morgan fingerprint density at radius 1 is 1.26 bits per heavy atom. The molecule has 146 valence electrons. The summed E-state index contributed by atoms with van der Waals surface area (Å²) in [5.41, 5.74) is 3.27. The fourth-order valence-corrected chi connectivity index (χ4v) is 4.77. The maximum absolute atomic E-state index is 12.9. The van der Waals surface area contributed by atoms with E-state index in [0.29, 0.717) is 30.3 Å². The van der Waals surface area contributed by atoms with E-state index in [0.717, 1.165) is 47.4 Å². The van der Waals surface area contributed by atoms with E-state index in [9.17, 15) is 10.3 Å². The maximum atomic E-state index is 12.9. The molecule has 4 heteroatoms. The summed E-state index contributed by atoms with van der Waals surface area (Å²) < 4.78 is 1.04. The summed E-state index contributed by atoms with van der Waals surface area (Å²) in [5.74, 6) is 0.472. The highest BCUT2D eigenvalue weighted by atomic mass is 16.5. The van der Waals surface area contributed by atoms with Crippen LogP contribution in [-0.2, 0) is 19.3 Å². The number of hydrogen-bond acceptors (Lipinski definition) is 3. The maximum Gasteiger partial charge on any atom is 0.220 e. The molecule has 2 aliphatic rings. The zero-order valence-corrected chi connectivity index (χ0v) is 16.5. The zero-order chi connectivity index (χ0) is 19.4. The summed E-state index contributed by atoms with van der Waals surface area (Å²) in [6.45, 7) is 12.1. The number of phenols is 1. The van der Waals surface area contributed by atoms with Gasteiger partial charge in [0.15, 0.2) is 6.21 Å². The molecule has 1 fully saturated rings. The highest BCUT2D eigenvalue weighted by Crippen LogP contribution is 2.39. The van der Waals surface area contributed by atoms with E-state index >= 15 is 0 Å². The van der Waals surface area contributed by atoms with Crippen molar-refractivity contribution in [2.45, 2.75) is 57.9 Å². The lowest BCUT2D eigenvalue weighted by atomic mass is 9.83. The van der Waals surface area contributed by atoms with E-state index in [1.165, 1.54) is 19.3 Å². The molecule has 3 rings (SSSR count). The SMILES string of the molecule is C=CCc1cc2c(c(CC=C)c1O)CC(C(CC)N1CCCCC1)C=[N+]2[O-]. The Morgan fingerprint density at radius 3 is 2.59 bits per heavy atom. The molecule has 0 saturated carbocycles. The largest absolute Gasteiger partial charge is 0.618 e. The average Bonchev–Trinajstić information content (AvgIpc) is 2.67. The number of phenolic OH excluding ortho intramolecular Hbond substituents is 1. The minimum Gasteiger partial charge on any atom is -0.618 e. The number of likely N-dealkylation sites (tertiary alicyclic amines) is 1. The molecule has 2 unspecified atom stereocenters. The number of allylic oxidation sites excluding steroid dienone is 2. The molecular weight excluding hydrogens is 336 g/mol. The first kappa shape index (κ1) is 19.7. The van der Waals surface area contributed by atoms with Crippen LogP contribution in [0.15, 0.2) is 31.4 Å². The molecule has 0 aromatic heterocycles. The first-order valence-corrected chi connectivity index (χ1v) is 10.2. The van der Waals surface area contributed by atoms with Gasteiger partial charge in [0, 0.05) is 28.8 Å². The lowest BCUT2D eigenvalue weighted by Crippen LogP contribution is -2.46. The number of nitrogens with zero attached hydrogens (tertiary/aromatic N) is 2. The van der Waals surface area contributed by atoms with Gasteiger partial charge in [0.05, 0.1) is 5.92 Å². The molecule has 1 aromatic rings. The van der Waals surface area contributed by atoms with E-state index in [1.54, 1.807) is 12.2 Å². The Labute approximate surface area is 163 Å². The van der Waals surface area contributed by atoms with Crippen molar-refractivity contribution in [1.29, 1.82) is 0 Å². The Bertz CT molecular complexity index is 732. The molecule has 27 heavy (non-hydrogen) atoms. The molecule has 0 spiro atoms. The van der Waals surface area contributed by atoms with E-state index in [4.69, 9.17) is 0 Å². The molecule has 0 amide bonds. The molecule has 2 atom stereocenters. The van der Waals surface area contributed by atoms with Crippen molar-refractivity contribution in [3.8, 4) is 5.75 Å². The van der Waals surface area contributed by atoms with E-state index in [1.807, 2.05) is 12.3 Å². The molecule has 2 heterocycles. The molecule has 0 radical (unpaired) electrons. The summed E-state index contributed by atoms with van der Waals surface area (Å²) in [7, 11) is 0. The van der Waals surface area contributed by atoms with Gasteiger partial charge in [0.1, 0.15) is 5.75 Å². The number of piperidine rings is 1. The number of aromatic hydroxyl groups is 1. The summed E-state index contributed by atoms with van der Waals surface area (Å²) in [6.07, 6.45) is 12.2. The first-order valence-electron chi connectivity index (χ1n) is 10.2. The number of benzene rings is 1. The summed E-state index contributed by atoms with van der Waals surface area (Å²) in [6, 6.07) is 2.21. The van der Waals surface area contributed by atoms with Gasteiger partial charge in [0.2, 0.25) is 5.69 Å². The molecule has 2 aliphatic heterocycles. The summed E-state index contributed by atoms with van der Waals surface area (Å²) in [4.78, 5) is 2.56. The quantitative estimate of drug-likeness (QED) is 0.438. The van der Waals surface area contributed by atoms with E-state index < -0.39 is 0 Å². The van der Waals surface area contributed by atoms with E-state index in [2.05, 4.69) is 25.0 Å². The van der Waals surface area contributed by atoms with Gasteiger partial charge < -0.3 is 10.3 Å². The zero-order valence-electron chi connectivity index (χ0n) is 16.5. The van der Waals surface area contributed by atoms with Crippen LogP contribution < -0.4 is 0 Å². The van der Waals surface area contributed by atoms with Crippen molar-refractivity contribution in [3.05, 3.63) is 53.3 Å². The van der Waals surface area contributed by atoms with Gasteiger partial charge in [-0.2, -0.15) is 4.74 Å². The Kier molecular flexibility index (Phi) is 6.38. The third kappa shape index (κ3) is 3.96. The van der Waals surface area contributed by atoms with Crippen molar-refractivity contribution in [1.82, 2.24) is 4.90 Å². The van der Waals surface area contributed by atoms with Crippen LogP contribution in [0.1, 0.15) is 49.3 Å². The van der Waals surface area contributed by atoms with Gasteiger partial charge in [-0.05, 0) is 51.6 Å². The second kappa shape index (κ2) is 8.75. The minimum absolute atomic E-state index is 0.173. The van der Waals surface area contributed by atoms with Crippen molar-refractivity contribution < 1.29 is 9.85 Å².